The monoisotopic (exact) mass is 298 g/mol. The van der Waals surface area contributed by atoms with Crippen molar-refractivity contribution in [2.24, 2.45) is 0 Å². The SMILES string of the molecule is O=C(c1ccc(OCc2ccccc2F)cc1)C(F)(F)F. The lowest BCUT2D eigenvalue weighted by molar-refractivity contribution is -0.0885. The molecule has 0 unspecified atom stereocenters. The average Bonchev–Trinajstić information content (AvgIpc) is 2.45. The van der Waals surface area contributed by atoms with E-state index in [1.54, 1.807) is 6.07 Å². The predicted molar refractivity (Wildman–Crippen MR) is 67.6 cm³/mol. The van der Waals surface area contributed by atoms with E-state index >= 15 is 0 Å². The molecule has 0 heterocycles. The van der Waals surface area contributed by atoms with Crippen LogP contribution in [0.2, 0.25) is 0 Å². The van der Waals surface area contributed by atoms with Gasteiger partial charge in [0.15, 0.2) is 0 Å². The van der Waals surface area contributed by atoms with Crippen LogP contribution in [0.25, 0.3) is 0 Å². The summed E-state index contributed by atoms with van der Waals surface area (Å²) in [6, 6.07) is 10.5. The maximum absolute atomic E-state index is 13.3. The summed E-state index contributed by atoms with van der Waals surface area (Å²) in [6.45, 7) is -0.0563. The number of hydrogen-bond donors (Lipinski definition) is 0. The van der Waals surface area contributed by atoms with Crippen molar-refractivity contribution in [3.05, 3.63) is 65.5 Å². The number of ether oxygens (including phenoxy) is 1. The van der Waals surface area contributed by atoms with Crippen LogP contribution in [0, 0.1) is 5.82 Å². The molecule has 0 spiro atoms. The molecule has 0 amide bonds. The third-order valence-electron chi connectivity index (χ3n) is 2.73. The number of hydrogen-bond acceptors (Lipinski definition) is 2. The molecule has 0 saturated carbocycles. The summed E-state index contributed by atoms with van der Waals surface area (Å²) in [4.78, 5) is 11.0. The van der Waals surface area contributed by atoms with Gasteiger partial charge in [-0.15, -0.1) is 0 Å². The fraction of sp³-hybridized carbons (Fsp3) is 0.133. The van der Waals surface area contributed by atoms with Gasteiger partial charge in [-0.3, -0.25) is 4.79 Å². The maximum atomic E-state index is 13.3. The first kappa shape index (κ1) is 15.0. The van der Waals surface area contributed by atoms with Crippen molar-refractivity contribution < 1.29 is 27.1 Å². The first-order valence-electron chi connectivity index (χ1n) is 5.96. The summed E-state index contributed by atoms with van der Waals surface area (Å²) in [6.07, 6.45) is -4.91. The van der Waals surface area contributed by atoms with E-state index in [1.807, 2.05) is 0 Å². The van der Waals surface area contributed by atoms with Crippen molar-refractivity contribution in [3.63, 3.8) is 0 Å². The summed E-state index contributed by atoms with van der Waals surface area (Å²) in [5.74, 6) is -2.10. The van der Waals surface area contributed by atoms with Crippen molar-refractivity contribution in [3.8, 4) is 5.75 Å². The zero-order chi connectivity index (χ0) is 15.5. The van der Waals surface area contributed by atoms with E-state index in [9.17, 15) is 22.4 Å². The fourth-order valence-electron chi connectivity index (χ4n) is 1.64. The fourth-order valence-corrected chi connectivity index (χ4v) is 1.64. The molecular formula is C15H10F4O2. The first-order valence-corrected chi connectivity index (χ1v) is 5.96. The van der Waals surface area contributed by atoms with Crippen LogP contribution >= 0.6 is 0 Å². The van der Waals surface area contributed by atoms with Gasteiger partial charge in [-0.2, -0.15) is 13.2 Å². The summed E-state index contributed by atoms with van der Waals surface area (Å²) >= 11 is 0. The predicted octanol–water partition coefficient (Wildman–Crippen LogP) is 4.15. The molecule has 2 rings (SSSR count). The van der Waals surface area contributed by atoms with Gasteiger partial charge in [0.1, 0.15) is 18.2 Å². The quantitative estimate of drug-likeness (QED) is 0.626. The molecule has 0 N–H and O–H groups in total. The number of alkyl halides is 3. The second-order valence-electron chi connectivity index (χ2n) is 4.23. The molecule has 21 heavy (non-hydrogen) atoms. The molecule has 0 atom stereocenters. The average molecular weight is 298 g/mol. The molecular weight excluding hydrogens is 288 g/mol. The lowest BCUT2D eigenvalue weighted by atomic mass is 10.1. The standard InChI is InChI=1S/C15H10F4O2/c16-13-4-2-1-3-11(13)9-21-12-7-5-10(6-8-12)14(20)15(17,18)19/h1-8H,9H2. The van der Waals surface area contributed by atoms with Crippen LogP contribution in [0.5, 0.6) is 5.75 Å². The van der Waals surface area contributed by atoms with Crippen molar-refractivity contribution >= 4 is 5.78 Å². The van der Waals surface area contributed by atoms with Gasteiger partial charge >= 0.3 is 6.18 Å². The number of carbonyl (C=O) groups is 1. The zero-order valence-electron chi connectivity index (χ0n) is 10.7. The van der Waals surface area contributed by atoms with E-state index in [0.29, 0.717) is 5.56 Å². The minimum atomic E-state index is -4.91. The van der Waals surface area contributed by atoms with E-state index in [-0.39, 0.29) is 12.4 Å². The Bertz CT molecular complexity index is 633. The third kappa shape index (κ3) is 3.81. The molecule has 2 aromatic carbocycles. The van der Waals surface area contributed by atoms with E-state index < -0.39 is 23.3 Å². The van der Waals surface area contributed by atoms with Gasteiger partial charge < -0.3 is 4.74 Å². The molecule has 0 aromatic heterocycles. The number of benzene rings is 2. The highest BCUT2D eigenvalue weighted by Gasteiger charge is 2.39. The van der Waals surface area contributed by atoms with Crippen LogP contribution in [0.3, 0.4) is 0 Å². The van der Waals surface area contributed by atoms with E-state index in [4.69, 9.17) is 4.74 Å². The summed E-state index contributed by atoms with van der Waals surface area (Å²) in [7, 11) is 0. The molecule has 0 fully saturated rings. The highest BCUT2D eigenvalue weighted by Crippen LogP contribution is 2.23. The van der Waals surface area contributed by atoms with Crippen LogP contribution in [-0.4, -0.2) is 12.0 Å². The second-order valence-corrected chi connectivity index (χ2v) is 4.23. The molecule has 2 nitrogen and oxygen atoms in total. The molecule has 0 bridgehead atoms. The number of carbonyl (C=O) groups excluding carboxylic acids is 1. The Morgan fingerprint density at radius 3 is 2.19 bits per heavy atom. The minimum Gasteiger partial charge on any atom is -0.489 e. The van der Waals surface area contributed by atoms with E-state index in [1.165, 1.54) is 30.3 Å². The van der Waals surface area contributed by atoms with Crippen LogP contribution < -0.4 is 4.74 Å². The Morgan fingerprint density at radius 2 is 1.62 bits per heavy atom. The third-order valence-corrected chi connectivity index (χ3v) is 2.73. The molecule has 2 aromatic rings. The topological polar surface area (TPSA) is 26.3 Å². The maximum Gasteiger partial charge on any atom is 0.454 e. The largest absolute Gasteiger partial charge is 0.489 e. The van der Waals surface area contributed by atoms with Crippen molar-refractivity contribution in [2.75, 3.05) is 0 Å². The molecule has 110 valence electrons. The zero-order valence-corrected chi connectivity index (χ0v) is 10.7. The lowest BCUT2D eigenvalue weighted by Crippen LogP contribution is -2.22. The number of ketones is 1. The lowest BCUT2D eigenvalue weighted by Gasteiger charge is -2.08. The van der Waals surface area contributed by atoms with Gasteiger partial charge in [-0.25, -0.2) is 4.39 Å². The van der Waals surface area contributed by atoms with Crippen molar-refractivity contribution in [2.45, 2.75) is 12.8 Å². The van der Waals surface area contributed by atoms with Gasteiger partial charge in [0.25, 0.3) is 5.78 Å². The number of rotatable bonds is 4. The van der Waals surface area contributed by atoms with Gasteiger partial charge in [0.2, 0.25) is 0 Å². The summed E-state index contributed by atoms with van der Waals surface area (Å²) < 4.78 is 55.3. The number of Topliss-reactive ketones (excluding diaryl/α,β-unsaturated/α-hetero) is 1. The van der Waals surface area contributed by atoms with Gasteiger partial charge in [-0.1, -0.05) is 18.2 Å². The van der Waals surface area contributed by atoms with Crippen molar-refractivity contribution in [1.82, 2.24) is 0 Å². The normalized spacial score (nSPS) is 11.2. The smallest absolute Gasteiger partial charge is 0.454 e. The second kappa shape index (κ2) is 5.95. The van der Waals surface area contributed by atoms with E-state index in [0.717, 1.165) is 12.1 Å². The van der Waals surface area contributed by atoms with E-state index in [2.05, 4.69) is 0 Å². The highest BCUT2D eigenvalue weighted by molar-refractivity contribution is 6.00. The van der Waals surface area contributed by atoms with Crippen LogP contribution in [-0.2, 0) is 6.61 Å². The Balaban J connectivity index is 2.04. The molecule has 0 saturated heterocycles. The Kier molecular flexibility index (Phi) is 4.26. The molecule has 0 aliphatic rings. The Hall–Kier alpha value is -2.37. The number of halogens is 4. The first-order chi connectivity index (χ1) is 9.88. The minimum absolute atomic E-state index is 0.0563. The Labute approximate surface area is 118 Å². The summed E-state index contributed by atoms with van der Waals surface area (Å²) in [5, 5.41) is 0. The molecule has 0 aliphatic heterocycles. The van der Waals surface area contributed by atoms with Gasteiger partial charge in [0.05, 0.1) is 0 Å². The highest BCUT2D eigenvalue weighted by atomic mass is 19.4. The Morgan fingerprint density at radius 1 is 1.00 bits per heavy atom. The van der Waals surface area contributed by atoms with Crippen LogP contribution in [0.15, 0.2) is 48.5 Å². The molecule has 0 aliphatic carbocycles. The van der Waals surface area contributed by atoms with Gasteiger partial charge in [0, 0.05) is 11.1 Å². The summed E-state index contributed by atoms with van der Waals surface area (Å²) in [5.41, 5.74) is -0.145. The van der Waals surface area contributed by atoms with Crippen molar-refractivity contribution in [1.29, 1.82) is 0 Å². The molecule has 0 radical (unpaired) electrons. The van der Waals surface area contributed by atoms with Crippen LogP contribution in [0.4, 0.5) is 17.6 Å². The van der Waals surface area contributed by atoms with Crippen LogP contribution in [0.1, 0.15) is 15.9 Å². The van der Waals surface area contributed by atoms with Gasteiger partial charge in [-0.05, 0) is 30.3 Å². The molecule has 6 heteroatoms.